The third kappa shape index (κ3) is 26.0. The number of sulfone groups is 1. The molecular formula is C90H80Cl7N11O11S. The quantitative estimate of drug-likeness (QED) is 0.0262. The van der Waals surface area contributed by atoms with Crippen molar-refractivity contribution < 1.29 is 51.5 Å². The number of ether oxygens (including phenoxy) is 2. The Morgan fingerprint density at radius 3 is 1.08 bits per heavy atom. The minimum atomic E-state index is -3.19. The van der Waals surface area contributed by atoms with E-state index in [4.69, 9.17) is 90.7 Å². The number of benzene rings is 8. The fraction of sp³-hybridized carbons (Fsp3) is 0.167. The Labute approximate surface area is 729 Å². The maximum atomic E-state index is 12.8. The smallest absolute Gasteiger partial charge is 0.257 e. The van der Waals surface area contributed by atoms with E-state index in [1.165, 1.54) is 36.4 Å². The number of rotatable bonds is 25. The van der Waals surface area contributed by atoms with Crippen LogP contribution in [0.3, 0.4) is 0 Å². The van der Waals surface area contributed by atoms with E-state index in [0.29, 0.717) is 143 Å². The second kappa shape index (κ2) is 44.6. The lowest BCUT2D eigenvalue weighted by Crippen LogP contribution is -2.31. The van der Waals surface area contributed by atoms with Gasteiger partial charge in [0.25, 0.3) is 41.4 Å². The molecule has 13 rings (SSSR count). The number of aromatic nitrogens is 4. The molecule has 120 heavy (non-hydrogen) atoms. The summed E-state index contributed by atoms with van der Waals surface area (Å²) in [6.45, 7) is 7.88. The summed E-state index contributed by atoms with van der Waals surface area (Å²) in [7, 11) is -1.58. The van der Waals surface area contributed by atoms with Crippen molar-refractivity contribution in [1.29, 1.82) is 0 Å². The van der Waals surface area contributed by atoms with Gasteiger partial charge >= 0.3 is 0 Å². The van der Waals surface area contributed by atoms with Crippen molar-refractivity contribution in [2.45, 2.75) is 57.1 Å². The molecule has 12 aromatic rings. The highest BCUT2D eigenvalue weighted by molar-refractivity contribution is 7.91. The van der Waals surface area contributed by atoms with Crippen LogP contribution in [0.5, 0.6) is 0 Å². The molecule has 0 unspecified atom stereocenters. The Kier molecular flexibility index (Phi) is 33.7. The van der Waals surface area contributed by atoms with E-state index >= 15 is 0 Å². The van der Waals surface area contributed by atoms with Gasteiger partial charge in [0.05, 0.1) is 91.7 Å². The predicted octanol–water partition coefficient (Wildman–Crippen LogP) is 20.3. The normalized spacial score (nSPS) is 12.0. The third-order valence-electron chi connectivity index (χ3n) is 18.1. The monoisotopic (exact) mass is 1770 g/mol. The van der Waals surface area contributed by atoms with Crippen LogP contribution < -0.4 is 37.2 Å². The number of nitrogens with zero attached hydrogens (tertiary/aromatic N) is 4. The van der Waals surface area contributed by atoms with Crippen molar-refractivity contribution >= 4 is 155 Å². The lowest BCUT2D eigenvalue weighted by molar-refractivity contribution is 0.0856. The maximum Gasteiger partial charge on any atom is 0.257 e. The standard InChI is InChI=1S/C24H21Cl2N3O3.C23H21Cl2N3O3.C22H21ClN2O3S.C21H17Cl2N3O2/c25-20-9-7-16(13-19(20)22-5-1-2-10-27-22)29-24(31)18-8-6-15(12-21(18)26)23(30)28-14-17-4-3-11-32-17;1-31-12-4-11-27-22(29)15-6-8-17(20(25)13-15)23(30)28-16-7-9-19(24)18(14-16)21-5-2-3-10-26-21;1-15(2)29(27,28)14-16-6-8-17(9-7-16)22(26)25-18-10-11-20(23)19(13-18)21-5-3-4-12-24-21;1-2-24-20(27)13-6-8-15(18(23)11-13)21(28)26-14-7-9-17(22)16(12-14)19-5-3-4-10-25-19/h1-2,5-10,12-13,17H,3-4,11,14H2,(H,28,30)(H,29,31);2-3,5-10,13-14H,4,11-12H2,1H3,(H,27,29)(H,28,30);3-13,15H,14H2,1-2H3,(H,25,26);3-12H,2H2,1H3,(H,24,27)(H,26,28)/t17-;;;/m0.../s1. The summed E-state index contributed by atoms with van der Waals surface area (Å²) in [6, 6.07) is 63.0. The molecule has 616 valence electrons. The van der Waals surface area contributed by atoms with E-state index in [0.717, 1.165) is 25.0 Å². The Morgan fingerprint density at radius 1 is 0.417 bits per heavy atom. The van der Waals surface area contributed by atoms with Gasteiger partial charge in [-0.15, -0.1) is 0 Å². The van der Waals surface area contributed by atoms with E-state index in [9.17, 15) is 42.0 Å². The number of carbonyl (C=O) groups is 7. The highest BCUT2D eigenvalue weighted by Gasteiger charge is 2.23. The van der Waals surface area contributed by atoms with E-state index in [-0.39, 0.29) is 73.2 Å². The second-order valence-electron chi connectivity index (χ2n) is 26.9. The van der Waals surface area contributed by atoms with Crippen molar-refractivity contribution in [2.75, 3.05) is 61.2 Å². The van der Waals surface area contributed by atoms with Gasteiger partial charge in [-0.1, -0.05) is 118 Å². The van der Waals surface area contributed by atoms with Crippen LogP contribution in [0, 0.1) is 0 Å². The molecule has 0 radical (unpaired) electrons. The highest BCUT2D eigenvalue weighted by Crippen LogP contribution is 2.35. The molecule has 1 aliphatic rings. The van der Waals surface area contributed by atoms with E-state index in [1.54, 1.807) is 161 Å². The van der Waals surface area contributed by atoms with Gasteiger partial charge < -0.3 is 46.7 Å². The van der Waals surface area contributed by atoms with Gasteiger partial charge in [-0.3, -0.25) is 53.5 Å². The fourth-order valence-corrected chi connectivity index (χ4v) is 14.3. The molecule has 0 spiro atoms. The van der Waals surface area contributed by atoms with Gasteiger partial charge in [-0.2, -0.15) is 0 Å². The number of methoxy groups -OCH3 is 1. The van der Waals surface area contributed by atoms with Gasteiger partial charge in [-0.05, 0) is 234 Å². The minimum absolute atomic E-state index is 0.0445. The number of amides is 7. The Balaban J connectivity index is 0.000000168. The molecule has 30 heteroatoms. The van der Waals surface area contributed by atoms with Crippen molar-refractivity contribution in [2.24, 2.45) is 0 Å². The summed E-state index contributed by atoms with van der Waals surface area (Å²) in [5.41, 5.74) is 10.9. The van der Waals surface area contributed by atoms with Gasteiger partial charge in [0, 0.05) is 132 Å². The van der Waals surface area contributed by atoms with Crippen molar-refractivity contribution in [1.82, 2.24) is 35.9 Å². The number of carbonyl (C=O) groups excluding carboxylic acids is 7. The molecule has 0 saturated carbocycles. The molecule has 4 aromatic heterocycles. The SMILES string of the molecule is CC(C)S(=O)(=O)Cc1ccc(C(=O)Nc2ccc(Cl)c(-c3ccccn3)c2)cc1.CCNC(=O)c1ccc(C(=O)Nc2ccc(Cl)c(-c3ccccn3)c2)c(Cl)c1.COCCCNC(=O)c1ccc(C(=O)Nc2ccc(Cl)c(-c3ccccn3)c2)c(Cl)c1.O=C(NC[C@@H]1CCCO1)c1ccc(C(=O)Nc2ccc(Cl)c(-c3ccccn3)c2)c(Cl)c1. The van der Waals surface area contributed by atoms with E-state index in [2.05, 4.69) is 57.2 Å². The first-order chi connectivity index (χ1) is 57.7. The molecule has 0 bridgehead atoms. The molecule has 1 atom stereocenters. The van der Waals surface area contributed by atoms with Crippen LogP contribution in [-0.2, 0) is 25.1 Å². The third-order valence-corrected chi connectivity index (χ3v) is 22.5. The van der Waals surface area contributed by atoms with Gasteiger partial charge in [0.15, 0.2) is 9.84 Å². The molecule has 0 aliphatic carbocycles. The summed E-state index contributed by atoms with van der Waals surface area (Å²) in [5.74, 6) is -2.28. The zero-order valence-corrected chi connectivity index (χ0v) is 71.1. The van der Waals surface area contributed by atoms with Crippen LogP contribution in [-0.4, -0.2) is 121 Å². The Bertz CT molecular complexity index is 5750. The number of anilines is 4. The molecular weight excluding hydrogens is 1690 g/mol. The average Bonchev–Trinajstić information content (AvgIpc) is 1.29. The second-order valence-corrected chi connectivity index (χ2v) is 32.3. The highest BCUT2D eigenvalue weighted by atomic mass is 35.5. The molecule has 5 heterocycles. The predicted molar refractivity (Wildman–Crippen MR) is 477 cm³/mol. The summed E-state index contributed by atoms with van der Waals surface area (Å²) in [4.78, 5) is 104. The van der Waals surface area contributed by atoms with Crippen molar-refractivity contribution in [3.05, 3.63) is 329 Å². The van der Waals surface area contributed by atoms with Crippen LogP contribution in [0.4, 0.5) is 22.7 Å². The molecule has 8 aromatic carbocycles. The average molecular weight is 1770 g/mol. The number of pyridine rings is 4. The lowest BCUT2D eigenvalue weighted by Gasteiger charge is -2.12. The van der Waals surface area contributed by atoms with Gasteiger partial charge in [0.2, 0.25) is 0 Å². The minimum Gasteiger partial charge on any atom is -0.385 e. The van der Waals surface area contributed by atoms with Crippen LogP contribution in [0.1, 0.15) is 118 Å². The maximum absolute atomic E-state index is 12.8. The first-order valence-electron chi connectivity index (χ1n) is 37.5. The zero-order valence-electron chi connectivity index (χ0n) is 65.0. The summed E-state index contributed by atoms with van der Waals surface area (Å²) in [5, 5.41) is 21.8. The van der Waals surface area contributed by atoms with Gasteiger partial charge in [0.1, 0.15) is 0 Å². The van der Waals surface area contributed by atoms with Crippen LogP contribution in [0.25, 0.3) is 45.0 Å². The molecule has 1 aliphatic heterocycles. The topological polar surface area (TPSA) is 308 Å². The number of halogens is 7. The molecule has 1 saturated heterocycles. The summed E-state index contributed by atoms with van der Waals surface area (Å²) in [6.07, 6.45) is 9.40. The first-order valence-corrected chi connectivity index (χ1v) is 41.9. The zero-order chi connectivity index (χ0) is 85.8. The van der Waals surface area contributed by atoms with E-state index < -0.39 is 26.9 Å². The summed E-state index contributed by atoms with van der Waals surface area (Å²) < 4.78 is 34.5. The van der Waals surface area contributed by atoms with Crippen LogP contribution in [0.15, 0.2) is 249 Å². The molecule has 7 amide bonds. The van der Waals surface area contributed by atoms with E-state index in [1.807, 2.05) is 79.7 Å². The fourth-order valence-electron chi connectivity index (χ4n) is 11.7. The molecule has 1 fully saturated rings. The lowest BCUT2D eigenvalue weighted by atomic mass is 10.1. The van der Waals surface area contributed by atoms with Crippen LogP contribution >= 0.6 is 81.2 Å². The first kappa shape index (κ1) is 90.9. The molecule has 22 nitrogen and oxygen atoms in total. The number of nitrogens with one attached hydrogen (secondary N) is 7. The van der Waals surface area contributed by atoms with Crippen molar-refractivity contribution in [3.63, 3.8) is 0 Å². The number of hydrogen-bond donors (Lipinski definition) is 7. The van der Waals surface area contributed by atoms with Crippen LogP contribution in [0.2, 0.25) is 35.2 Å². The van der Waals surface area contributed by atoms with Gasteiger partial charge in [-0.25, -0.2) is 8.42 Å². The number of hydrogen-bond acceptors (Lipinski definition) is 15. The Hall–Kier alpha value is -11.5. The Morgan fingerprint density at radius 2 is 0.767 bits per heavy atom. The summed E-state index contributed by atoms with van der Waals surface area (Å²) >= 11 is 44.0. The largest absolute Gasteiger partial charge is 0.385 e. The van der Waals surface area contributed by atoms with Crippen molar-refractivity contribution in [3.8, 4) is 45.0 Å². The molecule has 7 N–H and O–H groups in total.